The third-order valence-electron chi connectivity index (χ3n) is 2.58. The predicted octanol–water partition coefficient (Wildman–Crippen LogP) is 3.29. The highest BCUT2D eigenvalue weighted by Gasteiger charge is 2.48. The Hall–Kier alpha value is -2.09. The van der Waals surface area contributed by atoms with E-state index < -0.39 is 21.4 Å². The van der Waals surface area contributed by atoms with Crippen LogP contribution < -0.4 is 4.18 Å². The first kappa shape index (κ1) is 15.3. The first-order valence-corrected chi connectivity index (χ1v) is 7.14. The summed E-state index contributed by atoms with van der Waals surface area (Å²) >= 11 is 0. The molecule has 21 heavy (non-hydrogen) atoms. The molecule has 1 aromatic heterocycles. The smallest absolute Gasteiger partial charge is 0.374 e. The highest BCUT2D eigenvalue weighted by molar-refractivity contribution is 7.88. The van der Waals surface area contributed by atoms with Crippen molar-refractivity contribution in [3.05, 3.63) is 48.2 Å². The van der Waals surface area contributed by atoms with Crippen LogP contribution in [-0.2, 0) is 10.1 Å². The minimum atomic E-state index is -5.73. The summed E-state index contributed by atoms with van der Waals surface area (Å²) in [6, 6.07) is 9.10. The Kier molecular flexibility index (Phi) is 3.91. The molecule has 0 spiro atoms. The largest absolute Gasteiger partial charge is 0.534 e. The molecule has 1 aromatic carbocycles. The summed E-state index contributed by atoms with van der Waals surface area (Å²) in [6.07, 6.45) is 1.34. The van der Waals surface area contributed by atoms with Crippen LogP contribution in [0.5, 0.6) is 5.75 Å². The summed E-state index contributed by atoms with van der Waals surface area (Å²) in [5.41, 5.74) is -4.08. The van der Waals surface area contributed by atoms with Crippen molar-refractivity contribution in [1.29, 1.82) is 0 Å². The molecule has 1 heterocycles. The maximum Gasteiger partial charge on any atom is 0.534 e. The molecule has 0 unspecified atom stereocenters. The molecule has 0 aliphatic rings. The molecule has 0 amide bonds. The second kappa shape index (κ2) is 5.36. The van der Waals surface area contributed by atoms with Gasteiger partial charge in [-0.15, -0.1) is 0 Å². The highest BCUT2D eigenvalue weighted by atomic mass is 32.2. The third kappa shape index (κ3) is 3.33. The van der Waals surface area contributed by atoms with E-state index >= 15 is 0 Å². The van der Waals surface area contributed by atoms with E-state index in [0.717, 1.165) is 11.6 Å². The first-order valence-electron chi connectivity index (χ1n) is 5.73. The standard InChI is InChI=1S/C13H10F3NO3S/c1-9-4-6-10(7-5-9)12-11(3-2-8-17-12)20-21(18,19)13(14,15)16/h2-8H,1H3. The second-order valence-corrected chi connectivity index (χ2v) is 5.74. The van der Waals surface area contributed by atoms with Crippen molar-refractivity contribution in [2.75, 3.05) is 0 Å². The van der Waals surface area contributed by atoms with Gasteiger partial charge in [0.2, 0.25) is 0 Å². The van der Waals surface area contributed by atoms with Gasteiger partial charge in [-0.3, -0.25) is 4.98 Å². The number of benzene rings is 1. The SMILES string of the molecule is Cc1ccc(-c2ncccc2OS(=O)(=O)C(F)(F)F)cc1. The predicted molar refractivity (Wildman–Crippen MR) is 70.0 cm³/mol. The molecule has 0 radical (unpaired) electrons. The summed E-state index contributed by atoms with van der Waals surface area (Å²) in [6.45, 7) is 1.84. The van der Waals surface area contributed by atoms with Crippen LogP contribution in [0.4, 0.5) is 13.2 Å². The van der Waals surface area contributed by atoms with E-state index in [1.165, 1.54) is 12.3 Å². The third-order valence-corrected chi connectivity index (χ3v) is 3.54. The Morgan fingerprint density at radius 2 is 1.71 bits per heavy atom. The van der Waals surface area contributed by atoms with E-state index in [1.807, 2.05) is 6.92 Å². The van der Waals surface area contributed by atoms with Crippen LogP contribution in [0.15, 0.2) is 42.6 Å². The number of rotatable bonds is 3. The van der Waals surface area contributed by atoms with Crippen LogP contribution in [0.1, 0.15) is 5.56 Å². The number of aromatic nitrogens is 1. The lowest BCUT2D eigenvalue weighted by atomic mass is 10.1. The fourth-order valence-corrected chi connectivity index (χ4v) is 2.02. The molecule has 0 saturated heterocycles. The van der Waals surface area contributed by atoms with Crippen LogP contribution >= 0.6 is 0 Å². The minimum absolute atomic E-state index is 0.0188. The lowest BCUT2D eigenvalue weighted by molar-refractivity contribution is -0.0499. The molecule has 0 atom stereocenters. The number of pyridine rings is 1. The van der Waals surface area contributed by atoms with Gasteiger partial charge in [0, 0.05) is 11.8 Å². The lowest BCUT2D eigenvalue weighted by Crippen LogP contribution is -2.28. The summed E-state index contributed by atoms with van der Waals surface area (Å²) in [5, 5.41) is 0. The molecule has 0 aliphatic carbocycles. The van der Waals surface area contributed by atoms with Crippen LogP contribution in [0, 0.1) is 6.92 Å². The summed E-state index contributed by atoms with van der Waals surface area (Å²) < 4.78 is 63.5. The number of halogens is 3. The zero-order valence-corrected chi connectivity index (χ0v) is 11.6. The van der Waals surface area contributed by atoms with Gasteiger partial charge in [0.1, 0.15) is 5.69 Å². The molecule has 0 fully saturated rings. The van der Waals surface area contributed by atoms with E-state index in [0.29, 0.717) is 5.56 Å². The quantitative estimate of drug-likeness (QED) is 0.644. The Balaban J connectivity index is 2.45. The molecular weight excluding hydrogens is 307 g/mol. The average molecular weight is 317 g/mol. The second-order valence-electron chi connectivity index (χ2n) is 4.20. The monoisotopic (exact) mass is 317 g/mol. The number of alkyl halides is 3. The van der Waals surface area contributed by atoms with Gasteiger partial charge in [0.05, 0.1) is 0 Å². The van der Waals surface area contributed by atoms with Gasteiger partial charge in [0.15, 0.2) is 5.75 Å². The molecule has 0 aliphatic heterocycles. The topological polar surface area (TPSA) is 56.3 Å². The lowest BCUT2D eigenvalue weighted by Gasteiger charge is -2.12. The van der Waals surface area contributed by atoms with Gasteiger partial charge in [-0.25, -0.2) is 0 Å². The molecule has 0 bridgehead atoms. The number of hydrogen-bond donors (Lipinski definition) is 0. The normalized spacial score (nSPS) is 12.2. The Morgan fingerprint density at radius 1 is 1.10 bits per heavy atom. The summed E-state index contributed by atoms with van der Waals surface area (Å²) in [4.78, 5) is 3.89. The fourth-order valence-electron chi connectivity index (χ4n) is 1.55. The summed E-state index contributed by atoms with van der Waals surface area (Å²) in [7, 11) is -5.73. The number of aryl methyl sites for hydroxylation is 1. The van der Waals surface area contributed by atoms with Crippen molar-refractivity contribution in [1.82, 2.24) is 4.98 Å². The summed E-state index contributed by atoms with van der Waals surface area (Å²) in [5.74, 6) is -0.473. The molecule has 2 aromatic rings. The Bertz CT molecular complexity index is 740. The maximum atomic E-state index is 12.4. The van der Waals surface area contributed by atoms with Gasteiger partial charge >= 0.3 is 15.6 Å². The Labute approximate surface area is 119 Å². The molecule has 2 rings (SSSR count). The first-order chi connectivity index (χ1) is 9.71. The highest BCUT2D eigenvalue weighted by Crippen LogP contribution is 2.32. The number of nitrogens with zero attached hydrogens (tertiary/aromatic N) is 1. The van der Waals surface area contributed by atoms with Crippen molar-refractivity contribution >= 4 is 10.1 Å². The van der Waals surface area contributed by atoms with Gasteiger partial charge in [0.25, 0.3) is 0 Å². The molecule has 112 valence electrons. The molecular formula is C13H10F3NO3S. The van der Waals surface area contributed by atoms with Crippen LogP contribution in [-0.4, -0.2) is 18.9 Å². The zero-order chi connectivity index (χ0) is 15.7. The van der Waals surface area contributed by atoms with E-state index in [2.05, 4.69) is 9.17 Å². The average Bonchev–Trinajstić information content (AvgIpc) is 2.39. The molecule has 8 heteroatoms. The minimum Gasteiger partial charge on any atom is -0.374 e. The Morgan fingerprint density at radius 3 is 2.29 bits per heavy atom. The van der Waals surface area contributed by atoms with E-state index in [1.54, 1.807) is 24.3 Å². The van der Waals surface area contributed by atoms with Gasteiger partial charge in [-0.2, -0.15) is 21.6 Å². The van der Waals surface area contributed by atoms with E-state index in [4.69, 9.17) is 0 Å². The molecule has 0 N–H and O–H groups in total. The van der Waals surface area contributed by atoms with Crippen molar-refractivity contribution in [3.63, 3.8) is 0 Å². The van der Waals surface area contributed by atoms with Crippen molar-refractivity contribution < 1.29 is 25.8 Å². The van der Waals surface area contributed by atoms with Crippen molar-refractivity contribution in [3.8, 4) is 17.0 Å². The zero-order valence-electron chi connectivity index (χ0n) is 10.8. The van der Waals surface area contributed by atoms with E-state index in [-0.39, 0.29) is 5.69 Å². The molecule has 4 nitrogen and oxygen atoms in total. The van der Waals surface area contributed by atoms with Gasteiger partial charge < -0.3 is 4.18 Å². The molecule has 0 saturated carbocycles. The number of hydrogen-bond acceptors (Lipinski definition) is 4. The van der Waals surface area contributed by atoms with E-state index in [9.17, 15) is 21.6 Å². The van der Waals surface area contributed by atoms with Crippen LogP contribution in [0.3, 0.4) is 0 Å². The van der Waals surface area contributed by atoms with Crippen LogP contribution in [0.2, 0.25) is 0 Å². The van der Waals surface area contributed by atoms with Crippen molar-refractivity contribution in [2.45, 2.75) is 12.4 Å². The van der Waals surface area contributed by atoms with Crippen LogP contribution in [0.25, 0.3) is 11.3 Å². The van der Waals surface area contributed by atoms with Gasteiger partial charge in [-0.1, -0.05) is 29.8 Å². The maximum absolute atomic E-state index is 12.4. The van der Waals surface area contributed by atoms with Gasteiger partial charge in [-0.05, 0) is 19.1 Å². The van der Waals surface area contributed by atoms with Crippen molar-refractivity contribution in [2.24, 2.45) is 0 Å². The fraction of sp³-hybridized carbons (Fsp3) is 0.154.